The molecule has 0 aromatic rings. The van der Waals surface area contributed by atoms with Crippen LogP contribution < -0.4 is 5.11 Å². The number of hydrogen-bond donors (Lipinski definition) is 2. The summed E-state index contributed by atoms with van der Waals surface area (Å²) in [6.07, 6.45) is 19.1. The van der Waals surface area contributed by atoms with Crippen molar-refractivity contribution in [1.29, 1.82) is 0 Å². The van der Waals surface area contributed by atoms with E-state index < -0.39 is 11.9 Å². The molecular formula is C32H45O9-. The number of carbonyl (C=O) groups is 4. The van der Waals surface area contributed by atoms with Gasteiger partial charge in [0, 0.05) is 5.97 Å². The third kappa shape index (κ3) is 9.55. The summed E-state index contributed by atoms with van der Waals surface area (Å²) in [6.45, 7) is 6.80. The Hall–Kier alpha value is -2.94. The highest BCUT2D eigenvalue weighted by Crippen LogP contribution is 2.45. The van der Waals surface area contributed by atoms with Gasteiger partial charge in [-0.1, -0.05) is 36.5 Å². The van der Waals surface area contributed by atoms with Crippen LogP contribution in [0.5, 0.6) is 0 Å². The van der Waals surface area contributed by atoms with Crippen molar-refractivity contribution < 1.29 is 44.0 Å². The van der Waals surface area contributed by atoms with Crippen molar-refractivity contribution in [2.75, 3.05) is 13.2 Å². The number of esters is 2. The Bertz CT molecular complexity index is 1030. The summed E-state index contributed by atoms with van der Waals surface area (Å²) in [5.41, 5.74) is -0.345. The van der Waals surface area contributed by atoms with Crippen LogP contribution in [-0.4, -0.2) is 52.9 Å². The van der Waals surface area contributed by atoms with E-state index in [-0.39, 0.29) is 48.5 Å². The molecule has 0 amide bonds. The molecule has 6 aliphatic carbocycles. The highest BCUT2D eigenvalue weighted by Gasteiger charge is 2.42. The predicted octanol–water partition coefficient (Wildman–Crippen LogP) is 3.31. The Balaban J connectivity index is 0.000000160. The number of carboxylic acid groups (broad SMARTS) is 2. The molecule has 0 aliphatic heterocycles. The fraction of sp³-hybridized carbons (Fsp3) is 0.688. The van der Waals surface area contributed by atoms with Crippen LogP contribution in [0.4, 0.5) is 0 Å². The minimum atomic E-state index is -1.08. The zero-order valence-corrected chi connectivity index (χ0v) is 24.6. The van der Waals surface area contributed by atoms with E-state index in [1.807, 2.05) is 20.8 Å². The van der Waals surface area contributed by atoms with E-state index in [1.165, 1.54) is 0 Å². The van der Waals surface area contributed by atoms with Gasteiger partial charge >= 0.3 is 17.9 Å². The first-order valence-electron chi connectivity index (χ1n) is 14.7. The van der Waals surface area contributed by atoms with Crippen LogP contribution in [-0.2, 0) is 28.7 Å². The number of carboxylic acids is 2. The van der Waals surface area contributed by atoms with Gasteiger partial charge in [0.15, 0.2) is 0 Å². The zero-order valence-electron chi connectivity index (χ0n) is 24.6. The largest absolute Gasteiger partial charge is 0.550 e. The normalized spacial score (nSPS) is 34.1. The molecule has 0 aromatic heterocycles. The van der Waals surface area contributed by atoms with Gasteiger partial charge in [0.2, 0.25) is 0 Å². The van der Waals surface area contributed by atoms with Crippen LogP contribution in [0.2, 0.25) is 0 Å². The summed E-state index contributed by atoms with van der Waals surface area (Å²) in [7, 11) is 0. The molecule has 0 heterocycles. The number of aliphatic hydroxyl groups excluding tert-OH is 1. The molecule has 6 aliphatic rings. The van der Waals surface area contributed by atoms with Gasteiger partial charge in [0.25, 0.3) is 0 Å². The Morgan fingerprint density at radius 3 is 1.39 bits per heavy atom. The van der Waals surface area contributed by atoms with E-state index in [2.05, 4.69) is 36.5 Å². The minimum Gasteiger partial charge on any atom is -0.550 e. The Kier molecular flexibility index (Phi) is 11.4. The first kappa shape index (κ1) is 32.6. The third-order valence-electron chi connectivity index (χ3n) is 8.50. The van der Waals surface area contributed by atoms with Gasteiger partial charge in [-0.15, -0.1) is 0 Å². The van der Waals surface area contributed by atoms with Crippen LogP contribution in [0.25, 0.3) is 0 Å². The minimum absolute atomic E-state index is 0.00523. The molecule has 2 N–H and O–H groups in total. The van der Waals surface area contributed by atoms with Gasteiger partial charge in [-0.25, -0.2) is 0 Å². The van der Waals surface area contributed by atoms with Crippen molar-refractivity contribution in [3.8, 4) is 0 Å². The first-order chi connectivity index (χ1) is 19.3. The average Bonchev–Trinajstić information content (AvgIpc) is 3.74. The molecule has 3 fully saturated rings. The smallest absolute Gasteiger partial charge is 0.310 e. The third-order valence-corrected chi connectivity index (χ3v) is 8.50. The SMILES string of the molecule is CC(=O)[O-].CC(C)(C)OC(=O)C1CC2C=CC1C2.O=C(O)C1CC2C=CC1C2.O=C(OCCO)C1CC2C=CC1C2. The maximum atomic E-state index is 11.8. The summed E-state index contributed by atoms with van der Waals surface area (Å²) in [4.78, 5) is 42.7. The highest BCUT2D eigenvalue weighted by molar-refractivity contribution is 5.75. The number of aliphatic hydroxyl groups is 1. The summed E-state index contributed by atoms with van der Waals surface area (Å²) >= 11 is 0. The van der Waals surface area contributed by atoms with Crippen molar-refractivity contribution in [3.63, 3.8) is 0 Å². The van der Waals surface area contributed by atoms with Gasteiger partial charge in [-0.2, -0.15) is 0 Å². The molecule has 9 atom stereocenters. The summed E-state index contributed by atoms with van der Waals surface area (Å²) in [6, 6.07) is 0. The number of hydrogen-bond acceptors (Lipinski definition) is 8. The second-order valence-electron chi connectivity index (χ2n) is 12.9. The number of carbonyl (C=O) groups excluding carboxylic acids is 3. The first-order valence-corrected chi connectivity index (χ1v) is 14.7. The lowest BCUT2D eigenvalue weighted by atomic mass is 9.93. The monoisotopic (exact) mass is 573 g/mol. The van der Waals surface area contributed by atoms with E-state index >= 15 is 0 Å². The molecule has 9 nitrogen and oxygen atoms in total. The van der Waals surface area contributed by atoms with Crippen LogP contribution in [0, 0.1) is 53.3 Å². The highest BCUT2D eigenvalue weighted by atomic mass is 16.6. The summed E-state index contributed by atoms with van der Waals surface area (Å²) < 4.78 is 10.3. The van der Waals surface area contributed by atoms with Crippen molar-refractivity contribution >= 4 is 23.9 Å². The van der Waals surface area contributed by atoms with E-state index in [1.54, 1.807) is 0 Å². The number of rotatable bonds is 5. The fourth-order valence-electron chi connectivity index (χ4n) is 6.80. The lowest BCUT2D eigenvalue weighted by Gasteiger charge is -2.24. The van der Waals surface area contributed by atoms with Crippen molar-refractivity contribution in [2.45, 2.75) is 71.8 Å². The Morgan fingerprint density at radius 2 is 1.12 bits per heavy atom. The number of fused-ring (bicyclic) bond motifs is 6. The van der Waals surface area contributed by atoms with Gasteiger partial charge in [-0.3, -0.25) is 14.4 Å². The molecule has 0 radical (unpaired) electrons. The number of allylic oxidation sites excluding steroid dienone is 6. The van der Waals surface area contributed by atoms with Gasteiger partial charge in [0.1, 0.15) is 12.2 Å². The molecular weight excluding hydrogens is 528 g/mol. The second-order valence-corrected chi connectivity index (χ2v) is 12.9. The number of aliphatic carboxylic acids is 2. The average molecular weight is 574 g/mol. The van der Waals surface area contributed by atoms with E-state index in [0.717, 1.165) is 45.4 Å². The molecule has 0 saturated heterocycles. The van der Waals surface area contributed by atoms with Crippen LogP contribution in [0.15, 0.2) is 36.5 Å². The molecule has 6 bridgehead atoms. The molecule has 0 aromatic carbocycles. The molecule has 41 heavy (non-hydrogen) atoms. The van der Waals surface area contributed by atoms with E-state index in [0.29, 0.717) is 35.5 Å². The van der Waals surface area contributed by atoms with Crippen molar-refractivity contribution in [1.82, 2.24) is 0 Å². The maximum absolute atomic E-state index is 11.8. The quantitative estimate of drug-likeness (QED) is 0.373. The standard InChI is InChI=1S/C12H18O2.C10H14O3.C8H10O2.C2H4O2/c1-12(2,3)14-11(13)10-7-8-4-5-9(10)6-8;11-3-4-13-10(12)9-6-7-1-2-8(9)5-7;9-8(10)7-4-5-1-2-6(7)3-5;1-2(3)4/h4-5,8-10H,6-7H2,1-3H3;1-2,7-9,11H,3-6H2;1-2,5-7H,3-4H2,(H,9,10);1H3,(H,3,4)/p-1. The Morgan fingerprint density at radius 1 is 0.732 bits per heavy atom. The van der Waals surface area contributed by atoms with Crippen molar-refractivity contribution in [2.24, 2.45) is 53.3 Å². The molecule has 3 saturated carbocycles. The van der Waals surface area contributed by atoms with Crippen LogP contribution >= 0.6 is 0 Å². The number of ether oxygens (including phenoxy) is 2. The summed E-state index contributed by atoms with van der Waals surface area (Å²) in [5.74, 6) is 1.28. The van der Waals surface area contributed by atoms with Gasteiger partial charge in [-0.05, 0) is 102 Å². The Labute approximate surface area is 242 Å². The van der Waals surface area contributed by atoms with E-state index in [9.17, 15) is 14.4 Å². The topological polar surface area (TPSA) is 150 Å². The van der Waals surface area contributed by atoms with Gasteiger partial charge < -0.3 is 29.6 Å². The summed E-state index contributed by atoms with van der Waals surface area (Å²) in [5, 5.41) is 26.1. The predicted molar refractivity (Wildman–Crippen MR) is 149 cm³/mol. The molecule has 9 heteroatoms. The maximum Gasteiger partial charge on any atom is 0.310 e. The zero-order chi connectivity index (χ0) is 30.3. The molecule has 6 rings (SSSR count). The van der Waals surface area contributed by atoms with Crippen LogP contribution in [0.1, 0.15) is 66.2 Å². The van der Waals surface area contributed by atoms with Gasteiger partial charge in [0.05, 0.1) is 24.4 Å². The van der Waals surface area contributed by atoms with Crippen LogP contribution in [0.3, 0.4) is 0 Å². The lowest BCUT2D eigenvalue weighted by Crippen LogP contribution is -2.30. The molecule has 9 unspecified atom stereocenters. The molecule has 228 valence electrons. The fourth-order valence-corrected chi connectivity index (χ4v) is 6.80. The van der Waals surface area contributed by atoms with Crippen molar-refractivity contribution in [3.05, 3.63) is 36.5 Å². The lowest BCUT2D eigenvalue weighted by molar-refractivity contribution is -0.302. The van der Waals surface area contributed by atoms with E-state index in [4.69, 9.17) is 29.6 Å². The molecule has 0 spiro atoms. The second kappa shape index (κ2) is 14.3.